The number of carboxylic acids is 1. The second-order valence-electron chi connectivity index (χ2n) is 3.93. The molecule has 0 aliphatic heterocycles. The maximum atomic E-state index is 11.1. The van der Waals surface area contributed by atoms with Gasteiger partial charge in [0.05, 0.1) is 5.41 Å². The highest BCUT2D eigenvalue weighted by atomic mass is 16.4. The van der Waals surface area contributed by atoms with Gasteiger partial charge in [0, 0.05) is 0 Å². The van der Waals surface area contributed by atoms with Crippen molar-refractivity contribution in [3.05, 3.63) is 29.8 Å². The second-order valence-corrected chi connectivity index (χ2v) is 3.93. The molecule has 3 nitrogen and oxygen atoms in total. The number of phenolic OH excluding ortho intramolecular Hbond substituents is 1. The van der Waals surface area contributed by atoms with Crippen LogP contribution in [-0.4, -0.2) is 16.2 Å². The Hall–Kier alpha value is -1.51. The summed E-state index contributed by atoms with van der Waals surface area (Å²) in [6, 6.07) is 6.44. The molecule has 3 heteroatoms. The molecule has 0 saturated heterocycles. The predicted octanol–water partition coefficient (Wildman–Crippen LogP) is 1.75. The predicted molar refractivity (Wildman–Crippen MR) is 51.2 cm³/mol. The first kappa shape index (κ1) is 9.06. The van der Waals surface area contributed by atoms with Crippen LogP contribution in [0.15, 0.2) is 24.3 Å². The van der Waals surface area contributed by atoms with Crippen molar-refractivity contribution in [3.63, 3.8) is 0 Å². The molecule has 1 aromatic carbocycles. The number of aliphatic carboxylic acids is 1. The Morgan fingerprint density at radius 3 is 2.29 bits per heavy atom. The van der Waals surface area contributed by atoms with Crippen molar-refractivity contribution in [2.45, 2.75) is 18.8 Å². The van der Waals surface area contributed by atoms with E-state index in [-0.39, 0.29) is 11.7 Å². The minimum absolute atomic E-state index is 0.169. The summed E-state index contributed by atoms with van der Waals surface area (Å²) in [4.78, 5) is 11.1. The Morgan fingerprint density at radius 1 is 1.43 bits per heavy atom. The van der Waals surface area contributed by atoms with E-state index >= 15 is 0 Å². The molecule has 0 spiro atoms. The molecule has 2 unspecified atom stereocenters. The Bertz CT molecular complexity index is 369. The van der Waals surface area contributed by atoms with Gasteiger partial charge >= 0.3 is 5.97 Å². The summed E-state index contributed by atoms with van der Waals surface area (Å²) in [7, 11) is 0. The summed E-state index contributed by atoms with van der Waals surface area (Å²) in [6.45, 7) is 1.93. The van der Waals surface area contributed by atoms with Crippen molar-refractivity contribution >= 4 is 5.97 Å². The van der Waals surface area contributed by atoms with E-state index in [1.165, 1.54) is 12.1 Å². The van der Waals surface area contributed by atoms with E-state index in [4.69, 9.17) is 10.2 Å². The monoisotopic (exact) mass is 192 g/mol. The van der Waals surface area contributed by atoms with Crippen molar-refractivity contribution in [1.29, 1.82) is 0 Å². The third-order valence-electron chi connectivity index (χ3n) is 3.07. The fourth-order valence-corrected chi connectivity index (χ4v) is 2.01. The van der Waals surface area contributed by atoms with E-state index in [2.05, 4.69) is 0 Å². The van der Waals surface area contributed by atoms with Crippen LogP contribution in [0.25, 0.3) is 0 Å². The molecule has 0 aromatic heterocycles. The molecule has 14 heavy (non-hydrogen) atoms. The van der Waals surface area contributed by atoms with Gasteiger partial charge < -0.3 is 10.2 Å². The minimum Gasteiger partial charge on any atom is -0.508 e. The van der Waals surface area contributed by atoms with Gasteiger partial charge in [0.25, 0.3) is 0 Å². The van der Waals surface area contributed by atoms with E-state index in [9.17, 15) is 4.79 Å². The van der Waals surface area contributed by atoms with E-state index in [0.717, 1.165) is 5.56 Å². The van der Waals surface area contributed by atoms with Gasteiger partial charge in [0.15, 0.2) is 0 Å². The smallest absolute Gasteiger partial charge is 0.314 e. The van der Waals surface area contributed by atoms with Gasteiger partial charge in [0.2, 0.25) is 0 Å². The van der Waals surface area contributed by atoms with Gasteiger partial charge in [-0.15, -0.1) is 0 Å². The molecule has 0 bridgehead atoms. The highest BCUT2D eigenvalue weighted by Gasteiger charge is 2.58. The summed E-state index contributed by atoms with van der Waals surface area (Å²) in [5.41, 5.74) is 0.0866. The lowest BCUT2D eigenvalue weighted by atomic mass is 9.94. The standard InChI is InChI=1S/C11H12O3/c1-7-6-11(7,10(13)14)8-2-4-9(12)5-3-8/h2-5,7,12H,6H2,1H3,(H,13,14). The van der Waals surface area contributed by atoms with Crippen molar-refractivity contribution in [2.75, 3.05) is 0 Å². The second kappa shape index (κ2) is 2.74. The highest BCUT2D eigenvalue weighted by Crippen LogP contribution is 2.54. The molecule has 1 aliphatic rings. The highest BCUT2D eigenvalue weighted by molar-refractivity contribution is 5.85. The SMILES string of the molecule is CC1CC1(C(=O)O)c1ccc(O)cc1. The molecular formula is C11H12O3. The van der Waals surface area contributed by atoms with Crippen LogP contribution in [-0.2, 0) is 10.2 Å². The number of phenols is 1. The Kier molecular flexibility index (Phi) is 1.77. The lowest BCUT2D eigenvalue weighted by molar-refractivity contribution is -0.140. The number of hydrogen-bond donors (Lipinski definition) is 2. The third-order valence-corrected chi connectivity index (χ3v) is 3.07. The first-order valence-electron chi connectivity index (χ1n) is 4.60. The van der Waals surface area contributed by atoms with E-state index in [1.807, 2.05) is 6.92 Å². The maximum Gasteiger partial charge on any atom is 0.314 e. The normalized spacial score (nSPS) is 29.9. The van der Waals surface area contributed by atoms with Crippen molar-refractivity contribution in [2.24, 2.45) is 5.92 Å². The van der Waals surface area contributed by atoms with Crippen LogP contribution >= 0.6 is 0 Å². The van der Waals surface area contributed by atoms with Crippen LogP contribution in [0.2, 0.25) is 0 Å². The van der Waals surface area contributed by atoms with Crippen molar-refractivity contribution < 1.29 is 15.0 Å². The van der Waals surface area contributed by atoms with Crippen molar-refractivity contribution in [1.82, 2.24) is 0 Å². The Labute approximate surface area is 82.0 Å². The van der Waals surface area contributed by atoms with Crippen LogP contribution in [0.5, 0.6) is 5.75 Å². The Morgan fingerprint density at radius 2 is 1.93 bits per heavy atom. The summed E-state index contributed by atoms with van der Waals surface area (Å²) in [5, 5.41) is 18.2. The number of rotatable bonds is 2. The van der Waals surface area contributed by atoms with Crippen LogP contribution in [0.1, 0.15) is 18.9 Å². The van der Waals surface area contributed by atoms with Crippen LogP contribution < -0.4 is 0 Å². The molecule has 1 aliphatic carbocycles. The largest absolute Gasteiger partial charge is 0.508 e. The first-order chi connectivity index (χ1) is 6.57. The van der Waals surface area contributed by atoms with Gasteiger partial charge in [-0.2, -0.15) is 0 Å². The maximum absolute atomic E-state index is 11.1. The molecule has 1 aromatic rings. The molecule has 0 radical (unpaired) electrons. The van der Waals surface area contributed by atoms with Gasteiger partial charge in [-0.3, -0.25) is 4.79 Å². The van der Waals surface area contributed by atoms with Crippen LogP contribution in [0.4, 0.5) is 0 Å². The molecule has 2 atom stereocenters. The van der Waals surface area contributed by atoms with Gasteiger partial charge in [0.1, 0.15) is 5.75 Å². The van der Waals surface area contributed by atoms with Gasteiger partial charge in [-0.05, 0) is 30.0 Å². The number of carboxylic acid groups (broad SMARTS) is 1. The lowest BCUT2D eigenvalue weighted by Gasteiger charge is -2.11. The van der Waals surface area contributed by atoms with E-state index in [0.29, 0.717) is 6.42 Å². The third kappa shape index (κ3) is 1.09. The first-order valence-corrected chi connectivity index (χ1v) is 4.60. The fourth-order valence-electron chi connectivity index (χ4n) is 2.01. The zero-order valence-electron chi connectivity index (χ0n) is 7.90. The minimum atomic E-state index is -0.768. The fraction of sp³-hybridized carbons (Fsp3) is 0.364. The lowest BCUT2D eigenvalue weighted by Crippen LogP contribution is -2.21. The quantitative estimate of drug-likeness (QED) is 0.750. The molecular weight excluding hydrogens is 180 g/mol. The molecule has 2 rings (SSSR count). The summed E-state index contributed by atoms with van der Waals surface area (Å²) in [6.07, 6.45) is 0.688. The summed E-state index contributed by atoms with van der Waals surface area (Å²) >= 11 is 0. The van der Waals surface area contributed by atoms with E-state index in [1.54, 1.807) is 12.1 Å². The molecule has 0 amide bonds. The van der Waals surface area contributed by atoms with Crippen molar-refractivity contribution in [3.8, 4) is 5.75 Å². The van der Waals surface area contributed by atoms with Crippen LogP contribution in [0, 0.1) is 5.92 Å². The molecule has 2 N–H and O–H groups in total. The van der Waals surface area contributed by atoms with Crippen LogP contribution in [0.3, 0.4) is 0 Å². The van der Waals surface area contributed by atoms with Gasteiger partial charge in [-0.1, -0.05) is 19.1 Å². The van der Waals surface area contributed by atoms with E-state index < -0.39 is 11.4 Å². The number of carbonyl (C=O) groups is 1. The Balaban J connectivity index is 2.39. The molecule has 74 valence electrons. The number of benzene rings is 1. The average Bonchev–Trinajstić information content (AvgIpc) is 2.80. The zero-order valence-corrected chi connectivity index (χ0v) is 7.90. The molecule has 0 heterocycles. The topological polar surface area (TPSA) is 57.5 Å². The molecule has 1 fully saturated rings. The molecule has 1 saturated carbocycles. The number of hydrogen-bond acceptors (Lipinski definition) is 2. The number of aromatic hydroxyl groups is 1. The average molecular weight is 192 g/mol. The summed E-state index contributed by atoms with van der Waals surface area (Å²) < 4.78 is 0. The summed E-state index contributed by atoms with van der Waals surface area (Å²) in [5.74, 6) is -0.414. The zero-order chi connectivity index (χ0) is 10.3. The van der Waals surface area contributed by atoms with Gasteiger partial charge in [-0.25, -0.2) is 0 Å².